The number of hydrogen-bond acceptors (Lipinski definition) is 4. The summed E-state index contributed by atoms with van der Waals surface area (Å²) in [6, 6.07) is 35.4. The standard InChI is InChI=1S/C32H25FN2O3/c33-27-15-10-23(11-16-27)21-38-31-19-14-26-8-4-5-9-29(26)30(31)20-34-35-32(36)22-37-28-17-12-25(13-18-28)24-6-2-1-3-7-24/h1-20H,21-22H2,(H,35,36)/b34-20+. The van der Waals surface area contributed by atoms with Crippen LogP contribution in [0.5, 0.6) is 11.5 Å². The van der Waals surface area contributed by atoms with Crippen LogP contribution in [0.1, 0.15) is 11.1 Å². The maximum absolute atomic E-state index is 13.2. The van der Waals surface area contributed by atoms with E-state index >= 15 is 0 Å². The molecule has 5 rings (SSSR count). The lowest BCUT2D eigenvalue weighted by Crippen LogP contribution is -2.24. The molecule has 0 bridgehead atoms. The van der Waals surface area contributed by atoms with E-state index in [-0.39, 0.29) is 24.9 Å². The maximum Gasteiger partial charge on any atom is 0.277 e. The van der Waals surface area contributed by atoms with Gasteiger partial charge in [-0.3, -0.25) is 4.79 Å². The minimum Gasteiger partial charge on any atom is -0.488 e. The summed E-state index contributed by atoms with van der Waals surface area (Å²) in [5.74, 6) is 0.508. The summed E-state index contributed by atoms with van der Waals surface area (Å²) >= 11 is 0. The van der Waals surface area contributed by atoms with E-state index in [1.54, 1.807) is 18.3 Å². The number of nitrogens with one attached hydrogen (secondary N) is 1. The molecule has 5 aromatic rings. The first-order chi connectivity index (χ1) is 18.7. The summed E-state index contributed by atoms with van der Waals surface area (Å²) in [6.45, 7) is 0.0915. The van der Waals surface area contributed by atoms with Gasteiger partial charge in [0.05, 0.1) is 6.21 Å². The number of hydrazone groups is 1. The Morgan fingerprint density at radius 1 is 0.763 bits per heavy atom. The normalized spacial score (nSPS) is 11.0. The molecule has 0 aromatic heterocycles. The van der Waals surface area contributed by atoms with E-state index in [1.165, 1.54) is 12.1 Å². The van der Waals surface area contributed by atoms with Crippen molar-refractivity contribution in [3.63, 3.8) is 0 Å². The van der Waals surface area contributed by atoms with Crippen LogP contribution in [0.2, 0.25) is 0 Å². The highest BCUT2D eigenvalue weighted by Gasteiger charge is 2.09. The van der Waals surface area contributed by atoms with Crippen molar-refractivity contribution in [2.24, 2.45) is 5.10 Å². The van der Waals surface area contributed by atoms with E-state index in [0.29, 0.717) is 11.5 Å². The minimum absolute atomic E-state index is 0.175. The van der Waals surface area contributed by atoms with Gasteiger partial charge < -0.3 is 9.47 Å². The Labute approximate surface area is 220 Å². The molecule has 38 heavy (non-hydrogen) atoms. The van der Waals surface area contributed by atoms with Crippen LogP contribution in [-0.2, 0) is 11.4 Å². The van der Waals surface area contributed by atoms with Crippen molar-refractivity contribution in [1.82, 2.24) is 5.43 Å². The Bertz CT molecular complexity index is 1550. The zero-order valence-corrected chi connectivity index (χ0v) is 20.5. The number of ether oxygens (including phenoxy) is 2. The summed E-state index contributed by atoms with van der Waals surface area (Å²) in [7, 11) is 0. The van der Waals surface area contributed by atoms with Gasteiger partial charge in [-0.05, 0) is 57.8 Å². The summed E-state index contributed by atoms with van der Waals surface area (Å²) in [6.07, 6.45) is 1.56. The Kier molecular flexibility index (Phi) is 7.70. The second kappa shape index (κ2) is 11.8. The van der Waals surface area contributed by atoms with Gasteiger partial charge in [-0.1, -0.05) is 84.9 Å². The average Bonchev–Trinajstić information content (AvgIpc) is 2.97. The van der Waals surface area contributed by atoms with E-state index in [1.807, 2.05) is 91.0 Å². The number of benzene rings is 5. The molecule has 0 saturated heterocycles. The molecule has 0 spiro atoms. The monoisotopic (exact) mass is 504 g/mol. The Morgan fingerprint density at radius 3 is 2.26 bits per heavy atom. The highest BCUT2D eigenvalue weighted by atomic mass is 19.1. The summed E-state index contributed by atoms with van der Waals surface area (Å²) in [5.41, 5.74) is 6.26. The Balaban J connectivity index is 1.22. The molecular weight excluding hydrogens is 479 g/mol. The molecule has 0 aliphatic carbocycles. The SMILES string of the molecule is O=C(COc1ccc(-c2ccccc2)cc1)N/N=C/c1c(OCc2ccc(F)cc2)ccc2ccccc12. The number of carbonyl (C=O) groups is 1. The third kappa shape index (κ3) is 6.23. The van der Waals surface area contributed by atoms with Crippen LogP contribution in [0.4, 0.5) is 4.39 Å². The van der Waals surface area contributed by atoms with Gasteiger partial charge >= 0.3 is 0 Å². The molecule has 5 aromatic carbocycles. The molecule has 0 aliphatic rings. The number of hydrogen-bond donors (Lipinski definition) is 1. The van der Waals surface area contributed by atoms with E-state index in [9.17, 15) is 9.18 Å². The van der Waals surface area contributed by atoms with Gasteiger partial charge in [-0.2, -0.15) is 5.10 Å². The highest BCUT2D eigenvalue weighted by molar-refractivity contribution is 6.02. The number of nitrogens with zero attached hydrogens (tertiary/aromatic N) is 1. The summed E-state index contributed by atoms with van der Waals surface area (Å²) in [5, 5.41) is 6.09. The molecule has 0 saturated carbocycles. The predicted molar refractivity (Wildman–Crippen MR) is 148 cm³/mol. The van der Waals surface area contributed by atoms with Crippen molar-refractivity contribution >= 4 is 22.9 Å². The van der Waals surface area contributed by atoms with E-state index < -0.39 is 0 Å². The second-order valence-electron chi connectivity index (χ2n) is 8.59. The average molecular weight is 505 g/mol. The lowest BCUT2D eigenvalue weighted by atomic mass is 10.0. The Hall–Kier alpha value is -4.97. The van der Waals surface area contributed by atoms with E-state index in [4.69, 9.17) is 9.47 Å². The van der Waals surface area contributed by atoms with Crippen molar-refractivity contribution in [3.05, 3.63) is 132 Å². The topological polar surface area (TPSA) is 59.9 Å². The number of amides is 1. The van der Waals surface area contributed by atoms with Crippen LogP contribution in [-0.4, -0.2) is 18.7 Å². The van der Waals surface area contributed by atoms with Gasteiger partial charge in [-0.25, -0.2) is 9.82 Å². The number of carbonyl (C=O) groups excluding carboxylic acids is 1. The molecule has 0 atom stereocenters. The molecule has 5 nitrogen and oxygen atoms in total. The van der Waals surface area contributed by atoms with Gasteiger partial charge in [-0.15, -0.1) is 0 Å². The molecular formula is C32H25FN2O3. The van der Waals surface area contributed by atoms with Gasteiger partial charge in [0.25, 0.3) is 5.91 Å². The summed E-state index contributed by atoms with van der Waals surface area (Å²) < 4.78 is 24.9. The molecule has 1 N–H and O–H groups in total. The van der Waals surface area contributed by atoms with Crippen molar-refractivity contribution in [1.29, 1.82) is 0 Å². The van der Waals surface area contributed by atoms with Crippen LogP contribution < -0.4 is 14.9 Å². The van der Waals surface area contributed by atoms with Crippen LogP contribution in [0, 0.1) is 5.82 Å². The van der Waals surface area contributed by atoms with Crippen LogP contribution in [0.25, 0.3) is 21.9 Å². The first kappa shape index (κ1) is 24.7. The lowest BCUT2D eigenvalue weighted by molar-refractivity contribution is -0.123. The zero-order valence-electron chi connectivity index (χ0n) is 20.5. The largest absolute Gasteiger partial charge is 0.488 e. The predicted octanol–water partition coefficient (Wildman–Crippen LogP) is 6.75. The van der Waals surface area contributed by atoms with E-state index in [0.717, 1.165) is 33.0 Å². The van der Waals surface area contributed by atoms with Crippen molar-refractivity contribution in [2.45, 2.75) is 6.61 Å². The fraction of sp³-hybridized carbons (Fsp3) is 0.0625. The van der Waals surface area contributed by atoms with Crippen molar-refractivity contribution < 1.29 is 18.7 Å². The third-order valence-electron chi connectivity index (χ3n) is 5.95. The lowest BCUT2D eigenvalue weighted by Gasteiger charge is -2.12. The second-order valence-corrected chi connectivity index (χ2v) is 8.59. The van der Waals surface area contributed by atoms with Gasteiger partial charge in [0, 0.05) is 5.56 Å². The van der Waals surface area contributed by atoms with Crippen LogP contribution in [0.3, 0.4) is 0 Å². The number of halogens is 1. The fourth-order valence-corrected chi connectivity index (χ4v) is 4.00. The molecule has 0 aliphatic heterocycles. The molecule has 1 amide bonds. The third-order valence-corrected chi connectivity index (χ3v) is 5.95. The highest BCUT2D eigenvalue weighted by Crippen LogP contribution is 2.27. The smallest absolute Gasteiger partial charge is 0.277 e. The van der Waals surface area contributed by atoms with Gasteiger partial charge in [0.2, 0.25) is 0 Å². The molecule has 6 heteroatoms. The van der Waals surface area contributed by atoms with Crippen molar-refractivity contribution in [3.8, 4) is 22.6 Å². The van der Waals surface area contributed by atoms with Gasteiger partial charge in [0.1, 0.15) is 23.9 Å². The quantitative estimate of drug-likeness (QED) is 0.178. The first-order valence-corrected chi connectivity index (χ1v) is 12.1. The molecule has 0 radical (unpaired) electrons. The molecule has 0 fully saturated rings. The Morgan fingerprint density at radius 2 is 1.47 bits per heavy atom. The molecule has 188 valence electrons. The summed E-state index contributed by atoms with van der Waals surface area (Å²) in [4.78, 5) is 12.4. The zero-order chi connectivity index (χ0) is 26.2. The van der Waals surface area contributed by atoms with Gasteiger partial charge in [0.15, 0.2) is 6.61 Å². The minimum atomic E-state index is -0.387. The first-order valence-electron chi connectivity index (χ1n) is 12.1. The van der Waals surface area contributed by atoms with Crippen LogP contribution in [0.15, 0.2) is 120 Å². The molecule has 0 unspecified atom stereocenters. The van der Waals surface area contributed by atoms with Crippen LogP contribution >= 0.6 is 0 Å². The fourth-order valence-electron chi connectivity index (χ4n) is 4.00. The van der Waals surface area contributed by atoms with Crippen molar-refractivity contribution in [2.75, 3.05) is 6.61 Å². The number of rotatable bonds is 9. The molecule has 0 heterocycles. The maximum atomic E-state index is 13.2. The number of fused-ring (bicyclic) bond motifs is 1. The van der Waals surface area contributed by atoms with E-state index in [2.05, 4.69) is 10.5 Å².